The topological polar surface area (TPSA) is 72.9 Å². The lowest BCUT2D eigenvalue weighted by Gasteiger charge is -2.06. The first kappa shape index (κ1) is 14.2. The molecule has 0 radical (unpaired) electrons. The van der Waals surface area contributed by atoms with Gasteiger partial charge in [0.25, 0.3) is 5.91 Å². The molecule has 2 rings (SSSR count). The predicted octanol–water partition coefficient (Wildman–Crippen LogP) is 2.62. The lowest BCUT2D eigenvalue weighted by atomic mass is 10.3. The molecule has 0 aliphatic heterocycles. The van der Waals surface area contributed by atoms with Crippen LogP contribution in [0.1, 0.15) is 10.5 Å². The second-order valence-corrected chi connectivity index (χ2v) is 5.63. The van der Waals surface area contributed by atoms with Crippen LogP contribution in [-0.2, 0) is 6.54 Å². The van der Waals surface area contributed by atoms with Crippen LogP contribution in [0, 0.1) is 0 Å². The number of carbonyl (C=O) groups excluding carboxylic acids is 1. The molecule has 0 aliphatic carbocycles. The van der Waals surface area contributed by atoms with Gasteiger partial charge in [0.1, 0.15) is 5.69 Å². The number of benzene rings is 1. The summed E-state index contributed by atoms with van der Waals surface area (Å²) >= 11 is 6.75. The van der Waals surface area contributed by atoms with Gasteiger partial charge >= 0.3 is 0 Å². The van der Waals surface area contributed by atoms with Gasteiger partial charge in [-0.1, -0.05) is 15.9 Å². The minimum atomic E-state index is -0.255. The zero-order valence-corrected chi connectivity index (χ0v) is 13.1. The SMILES string of the molecule is NCCn1cnc(C(=O)Nc2cc(Br)ccc2Br)c1. The van der Waals surface area contributed by atoms with Crippen LogP contribution >= 0.6 is 31.9 Å². The van der Waals surface area contributed by atoms with E-state index in [1.807, 2.05) is 18.2 Å². The summed E-state index contributed by atoms with van der Waals surface area (Å²) in [6.07, 6.45) is 3.27. The Bertz CT molecular complexity index is 597. The second-order valence-electron chi connectivity index (χ2n) is 3.86. The summed E-state index contributed by atoms with van der Waals surface area (Å²) in [5, 5.41) is 2.80. The van der Waals surface area contributed by atoms with Gasteiger partial charge in [-0.3, -0.25) is 4.79 Å². The molecular weight excluding hydrogens is 376 g/mol. The van der Waals surface area contributed by atoms with Crippen LogP contribution in [-0.4, -0.2) is 22.0 Å². The van der Waals surface area contributed by atoms with Gasteiger partial charge in [0.15, 0.2) is 0 Å². The summed E-state index contributed by atoms with van der Waals surface area (Å²) in [5.74, 6) is -0.255. The number of aromatic nitrogens is 2. The second kappa shape index (κ2) is 6.31. The van der Waals surface area contributed by atoms with Crippen molar-refractivity contribution in [3.05, 3.63) is 45.4 Å². The molecule has 1 aromatic carbocycles. The molecule has 0 unspecified atom stereocenters. The third-order valence-corrected chi connectivity index (χ3v) is 3.61. The van der Waals surface area contributed by atoms with Crippen molar-refractivity contribution in [3.63, 3.8) is 0 Å². The molecule has 0 spiro atoms. The van der Waals surface area contributed by atoms with E-state index in [0.29, 0.717) is 24.5 Å². The highest BCUT2D eigenvalue weighted by atomic mass is 79.9. The van der Waals surface area contributed by atoms with Gasteiger partial charge in [0, 0.05) is 28.2 Å². The van der Waals surface area contributed by atoms with Crippen molar-refractivity contribution in [2.24, 2.45) is 5.73 Å². The number of hydrogen-bond acceptors (Lipinski definition) is 3. The van der Waals surface area contributed by atoms with E-state index in [0.717, 1.165) is 8.95 Å². The monoisotopic (exact) mass is 386 g/mol. The third-order valence-electron chi connectivity index (χ3n) is 2.43. The zero-order chi connectivity index (χ0) is 13.8. The molecule has 5 nitrogen and oxygen atoms in total. The molecule has 1 amide bonds. The van der Waals surface area contributed by atoms with Gasteiger partial charge in [0.05, 0.1) is 12.0 Å². The first-order valence-corrected chi connectivity index (χ1v) is 7.17. The minimum absolute atomic E-state index is 0.255. The van der Waals surface area contributed by atoms with E-state index in [9.17, 15) is 4.79 Å². The van der Waals surface area contributed by atoms with Crippen LogP contribution in [0.5, 0.6) is 0 Å². The smallest absolute Gasteiger partial charge is 0.275 e. The Labute approximate surface area is 127 Å². The van der Waals surface area contributed by atoms with Crippen LogP contribution in [0.4, 0.5) is 5.69 Å². The number of amides is 1. The lowest BCUT2D eigenvalue weighted by Crippen LogP contribution is -2.13. The maximum atomic E-state index is 12.0. The standard InChI is InChI=1S/C12H12Br2N4O/c13-8-1-2-9(14)10(5-8)17-12(19)11-6-18(4-3-15)7-16-11/h1-2,5-7H,3-4,15H2,(H,17,19). The van der Waals surface area contributed by atoms with Gasteiger partial charge in [-0.05, 0) is 34.1 Å². The Hall–Kier alpha value is -1.18. The average molecular weight is 388 g/mol. The Morgan fingerprint density at radius 2 is 2.21 bits per heavy atom. The maximum Gasteiger partial charge on any atom is 0.275 e. The first-order chi connectivity index (χ1) is 9.10. The van der Waals surface area contributed by atoms with E-state index in [2.05, 4.69) is 42.2 Å². The van der Waals surface area contributed by atoms with Crippen LogP contribution in [0.3, 0.4) is 0 Å². The number of imidazole rings is 1. The van der Waals surface area contributed by atoms with Crippen LogP contribution < -0.4 is 11.1 Å². The van der Waals surface area contributed by atoms with Crippen molar-refractivity contribution in [3.8, 4) is 0 Å². The first-order valence-electron chi connectivity index (χ1n) is 5.58. The Morgan fingerprint density at radius 1 is 1.42 bits per heavy atom. The molecule has 0 saturated carbocycles. The number of rotatable bonds is 4. The summed E-state index contributed by atoms with van der Waals surface area (Å²) in [7, 11) is 0. The van der Waals surface area contributed by atoms with Crippen LogP contribution in [0.2, 0.25) is 0 Å². The fourth-order valence-electron chi connectivity index (χ4n) is 1.53. The predicted molar refractivity (Wildman–Crippen MR) is 81.1 cm³/mol. The van der Waals surface area contributed by atoms with Crippen molar-refractivity contribution in [1.82, 2.24) is 9.55 Å². The number of nitrogens with zero attached hydrogens (tertiary/aromatic N) is 2. The van der Waals surface area contributed by atoms with E-state index in [1.165, 1.54) is 0 Å². The third kappa shape index (κ3) is 3.65. The van der Waals surface area contributed by atoms with Crippen LogP contribution in [0.15, 0.2) is 39.7 Å². The van der Waals surface area contributed by atoms with Crippen molar-refractivity contribution < 1.29 is 4.79 Å². The largest absolute Gasteiger partial charge is 0.335 e. The lowest BCUT2D eigenvalue weighted by molar-refractivity contribution is 0.102. The van der Waals surface area contributed by atoms with E-state index < -0.39 is 0 Å². The normalized spacial score (nSPS) is 10.5. The van der Waals surface area contributed by atoms with E-state index >= 15 is 0 Å². The number of halogens is 2. The quantitative estimate of drug-likeness (QED) is 0.846. The highest BCUT2D eigenvalue weighted by Gasteiger charge is 2.11. The fraction of sp³-hybridized carbons (Fsp3) is 0.167. The molecular formula is C12H12Br2N4O. The number of nitrogens with one attached hydrogen (secondary N) is 1. The zero-order valence-electron chi connectivity index (χ0n) is 9.94. The molecule has 19 heavy (non-hydrogen) atoms. The molecule has 0 fully saturated rings. The molecule has 1 aromatic heterocycles. The highest BCUT2D eigenvalue weighted by Crippen LogP contribution is 2.26. The Morgan fingerprint density at radius 3 is 2.95 bits per heavy atom. The minimum Gasteiger partial charge on any atom is -0.335 e. The van der Waals surface area contributed by atoms with Crippen molar-refractivity contribution >= 4 is 43.5 Å². The Kier molecular flexibility index (Phi) is 4.73. The van der Waals surface area contributed by atoms with E-state index in [1.54, 1.807) is 17.1 Å². The van der Waals surface area contributed by atoms with Gasteiger partial charge < -0.3 is 15.6 Å². The highest BCUT2D eigenvalue weighted by molar-refractivity contribution is 9.11. The Balaban J connectivity index is 2.13. The number of anilines is 1. The molecule has 0 atom stereocenters. The van der Waals surface area contributed by atoms with E-state index in [4.69, 9.17) is 5.73 Å². The molecule has 0 saturated heterocycles. The summed E-state index contributed by atoms with van der Waals surface area (Å²) in [5.41, 5.74) is 6.49. The molecule has 100 valence electrons. The fourth-order valence-corrected chi connectivity index (χ4v) is 2.24. The summed E-state index contributed by atoms with van der Waals surface area (Å²) in [4.78, 5) is 16.1. The van der Waals surface area contributed by atoms with Gasteiger partial charge in [-0.15, -0.1) is 0 Å². The molecule has 3 N–H and O–H groups in total. The number of nitrogens with two attached hydrogens (primary N) is 1. The van der Waals surface area contributed by atoms with Gasteiger partial charge in [0.2, 0.25) is 0 Å². The van der Waals surface area contributed by atoms with Crippen molar-refractivity contribution in [2.75, 3.05) is 11.9 Å². The number of hydrogen-bond donors (Lipinski definition) is 2. The molecule has 1 heterocycles. The average Bonchev–Trinajstić information content (AvgIpc) is 2.83. The maximum absolute atomic E-state index is 12.0. The summed E-state index contributed by atoms with van der Waals surface area (Å²) in [6, 6.07) is 5.56. The molecule has 2 aromatic rings. The van der Waals surface area contributed by atoms with Crippen molar-refractivity contribution in [1.29, 1.82) is 0 Å². The van der Waals surface area contributed by atoms with Gasteiger partial charge in [-0.25, -0.2) is 4.98 Å². The van der Waals surface area contributed by atoms with Crippen molar-refractivity contribution in [2.45, 2.75) is 6.54 Å². The molecule has 7 heteroatoms. The molecule has 0 bridgehead atoms. The van der Waals surface area contributed by atoms with E-state index in [-0.39, 0.29) is 5.91 Å². The number of carbonyl (C=O) groups is 1. The van der Waals surface area contributed by atoms with Gasteiger partial charge in [-0.2, -0.15) is 0 Å². The summed E-state index contributed by atoms with van der Waals surface area (Å²) < 4.78 is 3.48. The summed E-state index contributed by atoms with van der Waals surface area (Å²) in [6.45, 7) is 1.15. The van der Waals surface area contributed by atoms with Crippen LogP contribution in [0.25, 0.3) is 0 Å². The molecule has 0 aliphatic rings.